The molecule has 6 heteroatoms. The molecule has 2 aliphatic heterocycles. The molecule has 138 valence electrons. The second kappa shape index (κ2) is 6.37. The molecule has 0 radical (unpaired) electrons. The molecule has 0 N–H and O–H groups in total. The van der Waals surface area contributed by atoms with Gasteiger partial charge in [-0.15, -0.1) is 0 Å². The van der Waals surface area contributed by atoms with Gasteiger partial charge in [-0.25, -0.2) is 0 Å². The summed E-state index contributed by atoms with van der Waals surface area (Å²) in [6.07, 6.45) is 6.43. The first kappa shape index (κ1) is 16.3. The molecule has 2 saturated heterocycles. The van der Waals surface area contributed by atoms with Gasteiger partial charge in [0.15, 0.2) is 5.58 Å². The smallest absolute Gasteiger partial charge is 0.298 e. The molecule has 6 nitrogen and oxygen atoms in total. The van der Waals surface area contributed by atoms with Crippen molar-refractivity contribution in [2.75, 3.05) is 24.5 Å². The number of pyridine rings is 1. The van der Waals surface area contributed by atoms with E-state index in [9.17, 15) is 4.79 Å². The van der Waals surface area contributed by atoms with E-state index in [-0.39, 0.29) is 11.3 Å². The third-order valence-electron chi connectivity index (χ3n) is 5.83. The topological polar surface area (TPSA) is 62.5 Å². The van der Waals surface area contributed by atoms with Crippen LogP contribution < -0.4 is 4.90 Å². The molecule has 1 aromatic carbocycles. The van der Waals surface area contributed by atoms with Crippen LogP contribution in [0.4, 0.5) is 6.01 Å². The van der Waals surface area contributed by atoms with Crippen molar-refractivity contribution in [1.82, 2.24) is 14.9 Å². The Labute approximate surface area is 157 Å². The number of carbonyl (C=O) groups is 1. The van der Waals surface area contributed by atoms with Crippen LogP contribution in [0.2, 0.25) is 0 Å². The van der Waals surface area contributed by atoms with Crippen LogP contribution in [0.1, 0.15) is 24.8 Å². The van der Waals surface area contributed by atoms with Crippen molar-refractivity contribution >= 4 is 23.0 Å². The lowest BCUT2D eigenvalue weighted by Crippen LogP contribution is -2.49. The summed E-state index contributed by atoms with van der Waals surface area (Å²) in [6.45, 7) is 2.94. The Hall–Kier alpha value is -2.89. The minimum Gasteiger partial charge on any atom is -0.423 e. The molecule has 0 saturated carbocycles. The van der Waals surface area contributed by atoms with Gasteiger partial charge < -0.3 is 14.2 Å². The maximum Gasteiger partial charge on any atom is 0.298 e. The van der Waals surface area contributed by atoms with Gasteiger partial charge in [-0.2, -0.15) is 4.98 Å². The third-order valence-corrected chi connectivity index (χ3v) is 5.83. The number of amides is 1. The summed E-state index contributed by atoms with van der Waals surface area (Å²) in [5.41, 5.74) is 2.42. The minimum absolute atomic E-state index is 0.260. The van der Waals surface area contributed by atoms with Crippen molar-refractivity contribution in [2.24, 2.45) is 5.41 Å². The lowest BCUT2D eigenvalue weighted by Gasteiger charge is -2.39. The molecule has 2 aromatic heterocycles. The number of likely N-dealkylation sites (tertiary alicyclic amines) is 1. The first-order valence-corrected chi connectivity index (χ1v) is 9.52. The summed E-state index contributed by atoms with van der Waals surface area (Å²) < 4.78 is 5.93. The fraction of sp³-hybridized carbons (Fsp3) is 0.381. The van der Waals surface area contributed by atoms with E-state index in [2.05, 4.69) is 14.9 Å². The van der Waals surface area contributed by atoms with Crippen molar-refractivity contribution in [3.05, 3.63) is 54.4 Å². The third kappa shape index (κ3) is 2.85. The van der Waals surface area contributed by atoms with Gasteiger partial charge in [0.2, 0.25) is 5.91 Å². The van der Waals surface area contributed by atoms with Gasteiger partial charge in [0.25, 0.3) is 6.01 Å². The van der Waals surface area contributed by atoms with E-state index in [1.54, 1.807) is 6.20 Å². The lowest BCUT2D eigenvalue weighted by molar-refractivity contribution is -0.145. The number of para-hydroxylation sites is 2. The molecule has 3 aromatic rings. The number of rotatable bonds is 3. The van der Waals surface area contributed by atoms with Gasteiger partial charge in [-0.3, -0.25) is 9.78 Å². The number of benzene rings is 1. The summed E-state index contributed by atoms with van der Waals surface area (Å²) in [5, 5.41) is 0. The first-order valence-electron chi connectivity index (χ1n) is 9.52. The Kier molecular flexibility index (Phi) is 3.85. The molecule has 27 heavy (non-hydrogen) atoms. The van der Waals surface area contributed by atoms with Crippen LogP contribution in [0, 0.1) is 5.41 Å². The highest BCUT2D eigenvalue weighted by molar-refractivity contribution is 5.85. The largest absolute Gasteiger partial charge is 0.423 e. The Balaban J connectivity index is 1.36. The number of piperidine rings is 1. The van der Waals surface area contributed by atoms with E-state index < -0.39 is 0 Å². The average Bonchev–Trinajstić information content (AvgIpc) is 3.31. The van der Waals surface area contributed by atoms with E-state index in [0.717, 1.165) is 49.0 Å². The van der Waals surface area contributed by atoms with E-state index in [0.29, 0.717) is 19.1 Å². The molecule has 1 unspecified atom stereocenters. The van der Waals surface area contributed by atoms with Gasteiger partial charge in [-0.1, -0.05) is 18.2 Å². The van der Waals surface area contributed by atoms with Crippen molar-refractivity contribution < 1.29 is 9.21 Å². The zero-order valence-corrected chi connectivity index (χ0v) is 15.2. The Bertz CT molecular complexity index is 937. The molecule has 0 aliphatic carbocycles. The maximum atomic E-state index is 13.3. The lowest BCUT2D eigenvalue weighted by atomic mass is 9.78. The fourth-order valence-corrected chi connectivity index (χ4v) is 4.42. The highest BCUT2D eigenvalue weighted by Crippen LogP contribution is 2.42. The molecule has 1 spiro atoms. The molecule has 1 atom stereocenters. The molecule has 5 rings (SSSR count). The zero-order valence-electron chi connectivity index (χ0n) is 15.2. The van der Waals surface area contributed by atoms with Crippen molar-refractivity contribution in [3.8, 4) is 0 Å². The zero-order chi connectivity index (χ0) is 18.3. The fourth-order valence-electron chi connectivity index (χ4n) is 4.42. The number of carbonyl (C=O) groups excluding carboxylic acids is 1. The summed E-state index contributed by atoms with van der Waals surface area (Å²) in [6, 6.07) is 12.4. The number of nitrogens with zero attached hydrogens (tertiary/aromatic N) is 4. The maximum absolute atomic E-state index is 13.3. The van der Waals surface area contributed by atoms with Crippen LogP contribution in [0.3, 0.4) is 0 Å². The SMILES string of the molecule is O=C1N(Cc2cccnc2)CCCC12CCN(c1nc3ccccc3o1)C2. The van der Waals surface area contributed by atoms with Crippen LogP contribution in [0.15, 0.2) is 53.2 Å². The second-order valence-corrected chi connectivity index (χ2v) is 7.61. The number of hydrogen-bond donors (Lipinski definition) is 0. The number of oxazole rings is 1. The van der Waals surface area contributed by atoms with E-state index in [1.165, 1.54) is 0 Å². The molecule has 2 fully saturated rings. The highest BCUT2D eigenvalue weighted by Gasteiger charge is 2.49. The molecular weight excluding hydrogens is 340 g/mol. The van der Waals surface area contributed by atoms with Crippen LogP contribution >= 0.6 is 0 Å². The quantitative estimate of drug-likeness (QED) is 0.716. The van der Waals surface area contributed by atoms with Crippen molar-refractivity contribution in [1.29, 1.82) is 0 Å². The van der Waals surface area contributed by atoms with Gasteiger partial charge >= 0.3 is 0 Å². The monoisotopic (exact) mass is 362 g/mol. The van der Waals surface area contributed by atoms with Crippen LogP contribution in [-0.4, -0.2) is 40.4 Å². The number of hydrogen-bond acceptors (Lipinski definition) is 5. The Morgan fingerprint density at radius 2 is 2.04 bits per heavy atom. The molecule has 0 bridgehead atoms. The first-order chi connectivity index (χ1) is 13.2. The summed E-state index contributed by atoms with van der Waals surface area (Å²) in [5.74, 6) is 0.260. The summed E-state index contributed by atoms with van der Waals surface area (Å²) >= 11 is 0. The average molecular weight is 362 g/mol. The van der Waals surface area contributed by atoms with Crippen molar-refractivity contribution in [3.63, 3.8) is 0 Å². The van der Waals surface area contributed by atoms with Crippen LogP contribution in [0.5, 0.6) is 0 Å². The van der Waals surface area contributed by atoms with E-state index in [1.807, 2.05) is 47.5 Å². The van der Waals surface area contributed by atoms with E-state index in [4.69, 9.17) is 4.42 Å². The standard InChI is InChI=1S/C21H22N4O2/c26-19-21(8-4-11-24(19)14-16-5-3-10-22-13-16)9-12-25(15-21)20-23-17-6-1-2-7-18(17)27-20/h1-3,5-7,10,13H,4,8-9,11-12,14-15H2. The minimum atomic E-state index is -0.318. The predicted molar refractivity (Wildman–Crippen MR) is 102 cm³/mol. The Morgan fingerprint density at radius 3 is 2.89 bits per heavy atom. The van der Waals surface area contributed by atoms with Gasteiger partial charge in [0.1, 0.15) is 5.52 Å². The molecule has 2 aliphatic rings. The second-order valence-electron chi connectivity index (χ2n) is 7.61. The van der Waals surface area contributed by atoms with Crippen LogP contribution in [0.25, 0.3) is 11.1 Å². The van der Waals surface area contributed by atoms with Gasteiger partial charge in [0.05, 0.1) is 5.41 Å². The number of fused-ring (bicyclic) bond motifs is 1. The number of anilines is 1. The van der Waals surface area contributed by atoms with Crippen LogP contribution in [-0.2, 0) is 11.3 Å². The number of aromatic nitrogens is 2. The molecule has 1 amide bonds. The van der Waals surface area contributed by atoms with Gasteiger partial charge in [0, 0.05) is 38.6 Å². The Morgan fingerprint density at radius 1 is 1.11 bits per heavy atom. The summed E-state index contributed by atoms with van der Waals surface area (Å²) in [7, 11) is 0. The normalized spacial score (nSPS) is 22.9. The molecule has 4 heterocycles. The van der Waals surface area contributed by atoms with Gasteiger partial charge in [-0.05, 0) is 43.0 Å². The summed E-state index contributed by atoms with van der Waals surface area (Å²) in [4.78, 5) is 26.2. The van der Waals surface area contributed by atoms with E-state index >= 15 is 0 Å². The predicted octanol–water partition coefficient (Wildman–Crippen LogP) is 3.24. The van der Waals surface area contributed by atoms with Crippen molar-refractivity contribution in [2.45, 2.75) is 25.8 Å². The molecular formula is C21H22N4O2. The highest BCUT2D eigenvalue weighted by atomic mass is 16.4.